The minimum absolute atomic E-state index is 0.809. The summed E-state index contributed by atoms with van der Waals surface area (Å²) in [7, 11) is 0. The molecule has 0 bridgehead atoms. The van der Waals surface area contributed by atoms with Gasteiger partial charge in [0.1, 0.15) is 0 Å². The van der Waals surface area contributed by atoms with Gasteiger partial charge >= 0.3 is 0 Å². The number of rotatable bonds is 6. The Morgan fingerprint density at radius 1 is 0.944 bits per heavy atom. The highest BCUT2D eigenvalue weighted by Crippen LogP contribution is 2.06. The Bertz CT molecular complexity index is 426. The number of nitrogens with zero attached hydrogens (tertiary/aromatic N) is 3. The molecule has 2 rings (SSSR count). The van der Waals surface area contributed by atoms with Crippen molar-refractivity contribution in [1.82, 2.24) is 14.9 Å². The predicted octanol–water partition coefficient (Wildman–Crippen LogP) is 2.66. The molecule has 3 nitrogen and oxygen atoms in total. The van der Waals surface area contributed by atoms with Gasteiger partial charge in [0.2, 0.25) is 0 Å². The molecular weight excluding hydrogens is 222 g/mol. The summed E-state index contributed by atoms with van der Waals surface area (Å²) in [5, 5.41) is 0. The van der Waals surface area contributed by atoms with Crippen molar-refractivity contribution in [2.75, 3.05) is 6.54 Å². The second-order valence-electron chi connectivity index (χ2n) is 4.10. The van der Waals surface area contributed by atoms with E-state index < -0.39 is 0 Å². The summed E-state index contributed by atoms with van der Waals surface area (Å²) in [5.41, 5.74) is 2.13. The maximum Gasteiger partial charge on any atom is 0.0544 e. The zero-order chi connectivity index (χ0) is 12.6. The van der Waals surface area contributed by atoms with Crippen molar-refractivity contribution in [1.29, 1.82) is 0 Å². The Morgan fingerprint density at radius 3 is 1.89 bits per heavy atom. The second kappa shape index (κ2) is 6.67. The van der Waals surface area contributed by atoms with E-state index >= 15 is 0 Å². The maximum atomic E-state index is 4.35. The predicted molar refractivity (Wildman–Crippen MR) is 72.8 cm³/mol. The number of pyridine rings is 2. The molecule has 2 heterocycles. The van der Waals surface area contributed by atoms with Crippen LogP contribution in [0, 0.1) is 0 Å². The molecule has 0 aromatic carbocycles. The molecule has 0 aliphatic heterocycles. The third-order valence-electron chi connectivity index (χ3n) is 2.61. The van der Waals surface area contributed by atoms with Gasteiger partial charge < -0.3 is 0 Å². The summed E-state index contributed by atoms with van der Waals surface area (Å²) in [6.07, 6.45) is 5.55. The first kappa shape index (κ1) is 12.5. The topological polar surface area (TPSA) is 29.0 Å². The molecule has 0 radical (unpaired) electrons. The van der Waals surface area contributed by atoms with Crippen molar-refractivity contribution in [3.8, 4) is 0 Å². The Morgan fingerprint density at radius 2 is 1.50 bits per heavy atom. The summed E-state index contributed by atoms with van der Waals surface area (Å²) >= 11 is 0. The minimum Gasteiger partial charge on any atom is -0.288 e. The van der Waals surface area contributed by atoms with Gasteiger partial charge in [0, 0.05) is 32.0 Å². The second-order valence-corrected chi connectivity index (χ2v) is 4.10. The molecule has 2 aromatic rings. The van der Waals surface area contributed by atoms with Gasteiger partial charge in [0.15, 0.2) is 0 Å². The van der Waals surface area contributed by atoms with Gasteiger partial charge in [-0.05, 0) is 24.3 Å². The van der Waals surface area contributed by atoms with Crippen LogP contribution >= 0.6 is 0 Å². The van der Waals surface area contributed by atoms with Crippen molar-refractivity contribution < 1.29 is 0 Å². The zero-order valence-electron chi connectivity index (χ0n) is 10.4. The molecule has 0 aliphatic rings. The van der Waals surface area contributed by atoms with Crippen LogP contribution in [0.4, 0.5) is 0 Å². The van der Waals surface area contributed by atoms with E-state index in [1.54, 1.807) is 0 Å². The normalized spacial score (nSPS) is 10.5. The highest BCUT2D eigenvalue weighted by molar-refractivity contribution is 5.06. The van der Waals surface area contributed by atoms with Crippen molar-refractivity contribution in [2.45, 2.75) is 13.1 Å². The SMILES string of the molecule is C=CCN(Cc1ccccn1)Cc1ccccn1. The van der Waals surface area contributed by atoms with E-state index in [2.05, 4.69) is 21.4 Å². The quantitative estimate of drug-likeness (QED) is 0.726. The molecule has 2 aromatic heterocycles. The van der Waals surface area contributed by atoms with Crippen molar-refractivity contribution in [3.63, 3.8) is 0 Å². The first-order chi connectivity index (χ1) is 8.88. The van der Waals surface area contributed by atoms with E-state index in [1.165, 1.54) is 0 Å². The molecular formula is C15H17N3. The van der Waals surface area contributed by atoms with Crippen LogP contribution in [0.1, 0.15) is 11.4 Å². The monoisotopic (exact) mass is 239 g/mol. The maximum absolute atomic E-state index is 4.35. The molecule has 3 heteroatoms. The summed E-state index contributed by atoms with van der Waals surface area (Å²) in [4.78, 5) is 11.0. The average molecular weight is 239 g/mol. The number of hydrogen-bond acceptors (Lipinski definition) is 3. The fourth-order valence-corrected chi connectivity index (χ4v) is 1.81. The van der Waals surface area contributed by atoms with Crippen LogP contribution in [0.3, 0.4) is 0 Å². The lowest BCUT2D eigenvalue weighted by Gasteiger charge is -2.19. The van der Waals surface area contributed by atoms with E-state index in [9.17, 15) is 0 Å². The van der Waals surface area contributed by atoms with E-state index in [-0.39, 0.29) is 0 Å². The van der Waals surface area contributed by atoms with Crippen LogP contribution in [0.2, 0.25) is 0 Å². The third kappa shape index (κ3) is 3.79. The Balaban J connectivity index is 2.02. The zero-order valence-corrected chi connectivity index (χ0v) is 10.4. The molecule has 0 aliphatic carbocycles. The van der Waals surface area contributed by atoms with Gasteiger partial charge in [-0.25, -0.2) is 0 Å². The molecule has 0 saturated heterocycles. The minimum atomic E-state index is 0.809. The fraction of sp³-hybridized carbons (Fsp3) is 0.200. The molecule has 18 heavy (non-hydrogen) atoms. The van der Waals surface area contributed by atoms with Crippen LogP contribution in [0.5, 0.6) is 0 Å². The highest BCUT2D eigenvalue weighted by Gasteiger charge is 2.06. The van der Waals surface area contributed by atoms with Gasteiger partial charge in [-0.15, -0.1) is 6.58 Å². The van der Waals surface area contributed by atoms with Crippen molar-refractivity contribution in [2.24, 2.45) is 0 Å². The standard InChI is InChI=1S/C15H17N3/c1-2-11-18(12-14-7-3-5-9-16-14)13-15-8-4-6-10-17-15/h2-10H,1,11-13H2. The number of hydrogen-bond donors (Lipinski definition) is 0. The van der Waals surface area contributed by atoms with Crippen LogP contribution in [0.15, 0.2) is 61.4 Å². The van der Waals surface area contributed by atoms with Crippen LogP contribution in [0.25, 0.3) is 0 Å². The smallest absolute Gasteiger partial charge is 0.0544 e. The average Bonchev–Trinajstić information content (AvgIpc) is 2.41. The third-order valence-corrected chi connectivity index (χ3v) is 2.61. The largest absolute Gasteiger partial charge is 0.288 e. The van der Waals surface area contributed by atoms with Gasteiger partial charge in [0.05, 0.1) is 11.4 Å². The molecule has 0 saturated carbocycles. The van der Waals surface area contributed by atoms with Gasteiger partial charge in [-0.1, -0.05) is 18.2 Å². The van der Waals surface area contributed by atoms with Gasteiger partial charge in [-0.2, -0.15) is 0 Å². The summed E-state index contributed by atoms with van der Waals surface area (Å²) in [6, 6.07) is 12.0. The lowest BCUT2D eigenvalue weighted by Crippen LogP contribution is -2.23. The van der Waals surface area contributed by atoms with Gasteiger partial charge in [0.25, 0.3) is 0 Å². The van der Waals surface area contributed by atoms with E-state index in [4.69, 9.17) is 0 Å². The van der Waals surface area contributed by atoms with Crippen LogP contribution in [-0.4, -0.2) is 21.4 Å². The molecule has 0 spiro atoms. The summed E-state index contributed by atoms with van der Waals surface area (Å²) in [6.45, 7) is 6.25. The van der Waals surface area contributed by atoms with Crippen molar-refractivity contribution >= 4 is 0 Å². The molecule has 0 amide bonds. The van der Waals surface area contributed by atoms with E-state index in [0.29, 0.717) is 0 Å². The molecule has 92 valence electrons. The van der Waals surface area contributed by atoms with Gasteiger partial charge in [-0.3, -0.25) is 14.9 Å². The Labute approximate surface area is 108 Å². The molecule has 0 atom stereocenters. The van der Waals surface area contributed by atoms with Crippen LogP contribution in [-0.2, 0) is 13.1 Å². The molecule has 0 fully saturated rings. The lowest BCUT2D eigenvalue weighted by atomic mass is 10.3. The highest BCUT2D eigenvalue weighted by atomic mass is 15.1. The molecule has 0 unspecified atom stereocenters. The van der Waals surface area contributed by atoms with E-state index in [1.807, 2.05) is 54.9 Å². The molecule has 0 N–H and O–H groups in total. The first-order valence-corrected chi connectivity index (χ1v) is 6.01. The van der Waals surface area contributed by atoms with E-state index in [0.717, 1.165) is 31.0 Å². The Kier molecular flexibility index (Phi) is 4.61. The first-order valence-electron chi connectivity index (χ1n) is 6.01. The van der Waals surface area contributed by atoms with Crippen LogP contribution < -0.4 is 0 Å². The summed E-state index contributed by atoms with van der Waals surface area (Å²) in [5.74, 6) is 0. The summed E-state index contributed by atoms with van der Waals surface area (Å²) < 4.78 is 0. The fourth-order valence-electron chi connectivity index (χ4n) is 1.81. The number of aromatic nitrogens is 2. The Hall–Kier alpha value is -2.00. The van der Waals surface area contributed by atoms with Crippen molar-refractivity contribution in [3.05, 3.63) is 72.8 Å². The lowest BCUT2D eigenvalue weighted by molar-refractivity contribution is 0.279.